The minimum Gasteiger partial charge on any atom is -0.381 e. The van der Waals surface area contributed by atoms with Crippen molar-refractivity contribution in [2.75, 3.05) is 72.1 Å². The van der Waals surface area contributed by atoms with E-state index in [1.807, 2.05) is 0 Å². The number of nitrogens with one attached hydrogen (secondary N) is 5. The molecule has 0 bridgehead atoms. The lowest BCUT2D eigenvalue weighted by Gasteiger charge is -2.08. The van der Waals surface area contributed by atoms with Crippen molar-refractivity contribution in [3.8, 4) is 0 Å². The number of rotatable bonds is 0. The van der Waals surface area contributed by atoms with Gasteiger partial charge in [-0.05, 0) is 136 Å². The number of piperidine rings is 3. The van der Waals surface area contributed by atoms with Gasteiger partial charge < -0.3 is 31.3 Å². The second kappa shape index (κ2) is 35.7. The summed E-state index contributed by atoms with van der Waals surface area (Å²) in [6.45, 7) is 12.9. The van der Waals surface area contributed by atoms with Crippen molar-refractivity contribution in [1.29, 1.82) is 0 Å². The fourth-order valence-electron chi connectivity index (χ4n) is 5.68. The smallest absolute Gasteiger partial charge is 0.219 e. The van der Waals surface area contributed by atoms with Gasteiger partial charge in [-0.15, -0.1) is 0 Å². The van der Waals surface area contributed by atoms with Crippen molar-refractivity contribution in [3.05, 3.63) is 0 Å². The molecule has 0 radical (unpaired) electrons. The Bertz CT molecular complexity index is 402. The van der Waals surface area contributed by atoms with Gasteiger partial charge in [0.25, 0.3) is 0 Å². The van der Waals surface area contributed by atoms with Gasteiger partial charge in [-0.1, -0.05) is 64.2 Å². The molecule has 0 aromatic heterocycles. The number of ether oxygens (including phenoxy) is 1. The molecule has 0 aromatic rings. The summed E-state index contributed by atoms with van der Waals surface area (Å²) in [7, 11) is 0. The summed E-state index contributed by atoms with van der Waals surface area (Å²) in [5.41, 5.74) is 0. The number of amides is 1. The second-order valence-corrected chi connectivity index (χ2v) is 12.8. The Kier molecular flexibility index (Phi) is 33.5. The molecule has 6 aliphatic heterocycles. The number of hydrogen-bond donors (Lipinski definition) is 5. The third-order valence-corrected chi connectivity index (χ3v) is 8.56. The molecule has 43 heavy (non-hydrogen) atoms. The lowest BCUT2D eigenvalue weighted by molar-refractivity contribution is -0.122. The van der Waals surface area contributed by atoms with Crippen LogP contribution >= 0.6 is 0 Å². The van der Waals surface area contributed by atoms with E-state index in [0.29, 0.717) is 0 Å². The molecule has 5 N–H and O–H groups in total. The minimum atomic E-state index is 0.214. The third kappa shape index (κ3) is 34.0. The van der Waals surface area contributed by atoms with Crippen molar-refractivity contribution < 1.29 is 9.53 Å². The van der Waals surface area contributed by atoms with E-state index in [1.54, 1.807) is 0 Å². The maximum absolute atomic E-state index is 10.4. The molecule has 6 saturated heterocycles. The molecule has 1 saturated carbocycles. The van der Waals surface area contributed by atoms with Crippen LogP contribution in [0.5, 0.6) is 0 Å². The predicted molar refractivity (Wildman–Crippen MR) is 186 cm³/mol. The average Bonchev–Trinajstić information content (AvgIpc) is 3.57. The minimum absolute atomic E-state index is 0.214. The van der Waals surface area contributed by atoms with E-state index in [4.69, 9.17) is 4.74 Å². The van der Waals surface area contributed by atoms with Crippen LogP contribution in [0.3, 0.4) is 0 Å². The van der Waals surface area contributed by atoms with Gasteiger partial charge in [-0.2, -0.15) is 0 Å². The highest BCUT2D eigenvalue weighted by Gasteiger charge is 2.04. The van der Waals surface area contributed by atoms with E-state index in [2.05, 4.69) is 26.6 Å². The quantitative estimate of drug-likeness (QED) is 0.206. The molecule has 7 rings (SSSR count). The largest absolute Gasteiger partial charge is 0.381 e. The molecule has 0 spiro atoms. The Hall–Kier alpha value is -0.730. The van der Waals surface area contributed by atoms with E-state index in [-0.39, 0.29) is 5.91 Å². The first-order chi connectivity index (χ1) is 21.4. The molecular weight excluding hydrogens is 534 g/mol. The molecule has 7 aliphatic rings. The summed E-state index contributed by atoms with van der Waals surface area (Å²) in [5, 5.41) is 15.9. The van der Waals surface area contributed by atoms with E-state index in [0.717, 1.165) is 39.0 Å². The maximum Gasteiger partial charge on any atom is 0.219 e. The Morgan fingerprint density at radius 1 is 0.326 bits per heavy atom. The van der Waals surface area contributed by atoms with Crippen LogP contribution in [0, 0.1) is 0 Å². The Balaban J connectivity index is 0.000000251. The first-order valence-corrected chi connectivity index (χ1v) is 19.1. The zero-order valence-electron chi connectivity index (χ0n) is 28.6. The van der Waals surface area contributed by atoms with Crippen LogP contribution < -0.4 is 26.6 Å². The number of carbonyl (C=O) groups is 1. The zero-order valence-corrected chi connectivity index (χ0v) is 28.6. The summed E-state index contributed by atoms with van der Waals surface area (Å²) >= 11 is 0. The first-order valence-electron chi connectivity index (χ1n) is 19.1. The van der Waals surface area contributed by atoms with Gasteiger partial charge in [-0.3, -0.25) is 4.79 Å². The fourth-order valence-corrected chi connectivity index (χ4v) is 5.68. The molecule has 0 aromatic carbocycles. The van der Waals surface area contributed by atoms with Crippen molar-refractivity contribution in [3.63, 3.8) is 0 Å². The number of carbonyl (C=O) groups excluding carboxylic acids is 1. The highest BCUT2D eigenvalue weighted by Crippen LogP contribution is 2.15. The van der Waals surface area contributed by atoms with Gasteiger partial charge in [0.1, 0.15) is 0 Å². The molecule has 0 atom stereocenters. The number of hydrogen-bond acceptors (Lipinski definition) is 6. The Labute approximate surface area is 268 Å². The van der Waals surface area contributed by atoms with Crippen LogP contribution in [0.1, 0.15) is 154 Å². The van der Waals surface area contributed by atoms with Gasteiger partial charge in [-0.25, -0.2) is 0 Å². The molecule has 7 heteroatoms. The fraction of sp³-hybridized carbons (Fsp3) is 0.972. The highest BCUT2D eigenvalue weighted by molar-refractivity contribution is 5.76. The SMILES string of the molecule is C1CCCCC1.C1CCCNCC1.C1CCNC1.C1CCNCC1.C1CCNCC1.C1CCOCC1.O=C1CCCCN1. The standard InChI is InChI=1S/C6H13N.C6H12.C5H9NO.2C5H11N.C5H10O.C4H9N/c1-2-4-6-7-5-3-1;1-2-4-6-5-3-1;7-5-3-1-2-4-6-5;3*1-2-4-6-5-3-1;1-2-4-5-3-1/h7H,1-6H2;1-6H2;1-4H2,(H,6,7);2*6H,1-5H2;1-5H2;5H,1-4H2. The topological polar surface area (TPSA) is 86.4 Å². The molecular formula is C36H75N5O2. The van der Waals surface area contributed by atoms with Crippen LogP contribution in [-0.4, -0.2) is 78.0 Å². The van der Waals surface area contributed by atoms with E-state index < -0.39 is 0 Å². The van der Waals surface area contributed by atoms with Crippen LogP contribution in [0.2, 0.25) is 0 Å². The van der Waals surface area contributed by atoms with Gasteiger partial charge in [0.05, 0.1) is 0 Å². The summed E-state index contributed by atoms with van der Waals surface area (Å²) in [4.78, 5) is 10.4. The molecule has 1 aliphatic carbocycles. The molecule has 7 nitrogen and oxygen atoms in total. The lowest BCUT2D eigenvalue weighted by Crippen LogP contribution is -2.28. The maximum atomic E-state index is 10.4. The van der Waals surface area contributed by atoms with Crippen LogP contribution in [0.4, 0.5) is 0 Å². The lowest BCUT2D eigenvalue weighted by atomic mass is 10.0. The Morgan fingerprint density at radius 3 is 0.814 bits per heavy atom. The van der Waals surface area contributed by atoms with Gasteiger partial charge in [0, 0.05) is 26.2 Å². The average molecular weight is 610 g/mol. The predicted octanol–water partition coefficient (Wildman–Crippen LogP) is 6.85. The van der Waals surface area contributed by atoms with E-state index >= 15 is 0 Å². The highest BCUT2D eigenvalue weighted by atomic mass is 16.5. The van der Waals surface area contributed by atoms with E-state index in [1.165, 1.54) is 187 Å². The van der Waals surface area contributed by atoms with Crippen molar-refractivity contribution >= 4 is 5.91 Å². The summed E-state index contributed by atoms with van der Waals surface area (Å²) in [5.74, 6) is 0.214. The monoisotopic (exact) mass is 610 g/mol. The molecule has 6 heterocycles. The van der Waals surface area contributed by atoms with Gasteiger partial charge in [0.15, 0.2) is 0 Å². The van der Waals surface area contributed by atoms with Crippen LogP contribution in [0.25, 0.3) is 0 Å². The molecule has 1 amide bonds. The summed E-state index contributed by atoms with van der Waals surface area (Å²) in [6.07, 6.45) is 32.8. The van der Waals surface area contributed by atoms with Gasteiger partial charge >= 0.3 is 0 Å². The summed E-state index contributed by atoms with van der Waals surface area (Å²) < 4.78 is 5.07. The molecule has 7 fully saturated rings. The summed E-state index contributed by atoms with van der Waals surface area (Å²) in [6, 6.07) is 0. The van der Waals surface area contributed by atoms with Crippen LogP contribution in [0.15, 0.2) is 0 Å². The molecule has 256 valence electrons. The van der Waals surface area contributed by atoms with E-state index in [9.17, 15) is 4.79 Å². The second-order valence-electron chi connectivity index (χ2n) is 12.8. The normalized spacial score (nSPS) is 23.6. The van der Waals surface area contributed by atoms with Crippen LogP contribution in [-0.2, 0) is 9.53 Å². The molecule has 0 unspecified atom stereocenters. The van der Waals surface area contributed by atoms with Crippen molar-refractivity contribution in [1.82, 2.24) is 26.6 Å². The Morgan fingerprint density at radius 2 is 0.605 bits per heavy atom. The third-order valence-electron chi connectivity index (χ3n) is 8.56. The van der Waals surface area contributed by atoms with Gasteiger partial charge in [0.2, 0.25) is 5.91 Å². The zero-order chi connectivity index (χ0) is 30.6. The first kappa shape index (κ1) is 40.3. The van der Waals surface area contributed by atoms with Crippen molar-refractivity contribution in [2.45, 2.75) is 154 Å². The van der Waals surface area contributed by atoms with Crippen molar-refractivity contribution in [2.24, 2.45) is 0 Å².